The third-order valence-electron chi connectivity index (χ3n) is 3.62. The van der Waals surface area contributed by atoms with Crippen LogP contribution in [0.3, 0.4) is 0 Å². The molecule has 2 aromatic carbocycles. The summed E-state index contributed by atoms with van der Waals surface area (Å²) in [6, 6.07) is 11.1. The first-order chi connectivity index (χ1) is 12.6. The number of halogens is 1. The summed E-state index contributed by atoms with van der Waals surface area (Å²) >= 11 is 7.94. The van der Waals surface area contributed by atoms with Crippen LogP contribution < -0.4 is 9.47 Å². The molecule has 9 heteroatoms. The largest absolute Gasteiger partial charge is 0.454 e. The summed E-state index contributed by atoms with van der Waals surface area (Å²) in [5, 5.41) is 4.41. The zero-order valence-corrected chi connectivity index (χ0v) is 15.6. The van der Waals surface area contributed by atoms with Crippen LogP contribution in [0.4, 0.5) is 4.39 Å². The van der Waals surface area contributed by atoms with Crippen molar-refractivity contribution in [2.24, 2.45) is 0 Å². The zero-order valence-electron chi connectivity index (χ0n) is 13.2. The van der Waals surface area contributed by atoms with Gasteiger partial charge in [-0.15, -0.1) is 5.10 Å². The highest BCUT2D eigenvalue weighted by Crippen LogP contribution is 2.33. The van der Waals surface area contributed by atoms with Crippen LogP contribution in [0.2, 0.25) is 0 Å². The van der Waals surface area contributed by atoms with Crippen LogP contribution in [0, 0.1) is 9.77 Å². The fourth-order valence-corrected chi connectivity index (χ4v) is 4.60. The van der Waals surface area contributed by atoms with Gasteiger partial charge in [-0.3, -0.25) is 4.79 Å². The molecule has 0 saturated carbocycles. The van der Waals surface area contributed by atoms with Crippen molar-refractivity contribution in [3.63, 3.8) is 0 Å². The lowest BCUT2D eigenvalue weighted by atomic mass is 10.1. The lowest BCUT2D eigenvalue weighted by Gasteiger charge is -2.02. The summed E-state index contributed by atoms with van der Waals surface area (Å²) in [5.74, 6) is 1.09. The molecule has 0 unspecified atom stereocenters. The minimum absolute atomic E-state index is 0.0391. The maximum atomic E-state index is 13.1. The van der Waals surface area contributed by atoms with E-state index in [1.54, 1.807) is 35.0 Å². The number of benzene rings is 2. The van der Waals surface area contributed by atoms with E-state index < -0.39 is 0 Å². The average Bonchev–Trinajstić information content (AvgIpc) is 3.26. The second kappa shape index (κ2) is 7.18. The van der Waals surface area contributed by atoms with Crippen LogP contribution in [0.25, 0.3) is 5.69 Å². The normalized spacial score (nSPS) is 12.3. The second-order valence-corrected chi connectivity index (χ2v) is 8.15. The van der Waals surface area contributed by atoms with Crippen LogP contribution in [-0.2, 0) is 0 Å². The number of hydrogen-bond donors (Lipinski definition) is 0. The molecule has 0 atom stereocenters. The van der Waals surface area contributed by atoms with Gasteiger partial charge < -0.3 is 9.47 Å². The van der Waals surface area contributed by atoms with E-state index in [0.29, 0.717) is 31.0 Å². The Hall–Kier alpha value is -2.23. The van der Waals surface area contributed by atoms with Gasteiger partial charge >= 0.3 is 0 Å². The first kappa shape index (κ1) is 17.2. The number of Topliss-reactive ketones (excluding diaryl/α,β-unsaturated/α-hetero) is 1. The standard InChI is InChI=1S/C17H11FN2O3S3/c18-11-2-4-12(5-3-11)20-17(24)26-16(19-20)25-8-13(21)10-1-6-14-15(7-10)23-9-22-14/h1-7H,8-9H2. The van der Waals surface area contributed by atoms with E-state index in [1.165, 1.54) is 35.2 Å². The van der Waals surface area contributed by atoms with E-state index in [9.17, 15) is 9.18 Å². The Morgan fingerprint density at radius 1 is 1.23 bits per heavy atom. The van der Waals surface area contributed by atoms with E-state index in [2.05, 4.69) is 5.10 Å². The molecule has 0 aliphatic carbocycles. The minimum atomic E-state index is -0.320. The molecule has 1 aliphatic heterocycles. The number of carbonyl (C=O) groups is 1. The summed E-state index contributed by atoms with van der Waals surface area (Å²) in [7, 11) is 0. The first-order valence-electron chi connectivity index (χ1n) is 7.52. The number of ketones is 1. The molecule has 132 valence electrons. The van der Waals surface area contributed by atoms with E-state index in [4.69, 9.17) is 21.7 Å². The summed E-state index contributed by atoms with van der Waals surface area (Å²) in [6.07, 6.45) is 0. The number of ether oxygens (including phenoxy) is 2. The van der Waals surface area contributed by atoms with Gasteiger partial charge in [-0.2, -0.15) is 0 Å². The lowest BCUT2D eigenvalue weighted by Crippen LogP contribution is -2.02. The molecule has 0 saturated heterocycles. The van der Waals surface area contributed by atoms with E-state index in [-0.39, 0.29) is 24.1 Å². The van der Waals surface area contributed by atoms with Gasteiger partial charge in [0.2, 0.25) is 6.79 Å². The Morgan fingerprint density at radius 2 is 2.00 bits per heavy atom. The predicted octanol–water partition coefficient (Wildman–Crippen LogP) is 4.51. The van der Waals surface area contributed by atoms with Gasteiger partial charge in [0.25, 0.3) is 0 Å². The molecular formula is C17H11FN2O3S3. The van der Waals surface area contributed by atoms with Crippen LogP contribution in [-0.4, -0.2) is 28.1 Å². The van der Waals surface area contributed by atoms with Gasteiger partial charge in [0.05, 0.1) is 11.4 Å². The first-order valence-corrected chi connectivity index (χ1v) is 9.73. The highest BCUT2D eigenvalue weighted by Gasteiger charge is 2.17. The van der Waals surface area contributed by atoms with Gasteiger partial charge in [0.1, 0.15) is 5.82 Å². The Balaban J connectivity index is 1.46. The summed E-state index contributed by atoms with van der Waals surface area (Å²) in [4.78, 5) is 12.4. The molecule has 0 radical (unpaired) electrons. The molecule has 1 aromatic heterocycles. The highest BCUT2D eigenvalue weighted by atomic mass is 32.2. The Bertz CT molecular complexity index is 1030. The van der Waals surface area contributed by atoms with Gasteiger partial charge in [-0.1, -0.05) is 23.1 Å². The Labute approximate surface area is 161 Å². The van der Waals surface area contributed by atoms with E-state index >= 15 is 0 Å². The predicted molar refractivity (Wildman–Crippen MR) is 99.9 cm³/mol. The van der Waals surface area contributed by atoms with Crippen molar-refractivity contribution in [2.45, 2.75) is 4.34 Å². The molecule has 0 amide bonds. The van der Waals surface area contributed by atoms with Crippen LogP contribution in [0.5, 0.6) is 11.5 Å². The number of rotatable bonds is 5. The molecule has 0 N–H and O–H groups in total. The number of thioether (sulfide) groups is 1. The third-order valence-corrected chi connectivity index (χ3v) is 5.99. The van der Waals surface area contributed by atoms with Gasteiger partial charge in [0.15, 0.2) is 25.6 Å². The van der Waals surface area contributed by atoms with Crippen LogP contribution >= 0.6 is 35.3 Å². The molecule has 4 rings (SSSR count). The summed E-state index contributed by atoms with van der Waals surface area (Å²) in [6.45, 7) is 0.172. The maximum Gasteiger partial charge on any atom is 0.231 e. The van der Waals surface area contributed by atoms with Gasteiger partial charge in [-0.05, 0) is 54.7 Å². The molecule has 0 bridgehead atoms. The fourth-order valence-electron chi connectivity index (χ4n) is 2.35. The molecule has 3 aromatic rings. The van der Waals surface area contributed by atoms with Crippen molar-refractivity contribution in [2.75, 3.05) is 12.5 Å². The molecule has 5 nitrogen and oxygen atoms in total. The Morgan fingerprint density at radius 3 is 2.81 bits per heavy atom. The monoisotopic (exact) mass is 406 g/mol. The number of carbonyl (C=O) groups excluding carboxylic acids is 1. The van der Waals surface area contributed by atoms with Crippen molar-refractivity contribution < 1.29 is 18.7 Å². The van der Waals surface area contributed by atoms with Crippen molar-refractivity contribution >= 4 is 41.1 Å². The quantitative estimate of drug-likeness (QED) is 0.353. The van der Waals surface area contributed by atoms with E-state index in [1.807, 2.05) is 0 Å². The second-order valence-electron chi connectivity index (χ2n) is 5.30. The lowest BCUT2D eigenvalue weighted by molar-refractivity contribution is 0.102. The Kier molecular flexibility index (Phi) is 4.75. The SMILES string of the molecule is O=C(CSc1nn(-c2ccc(F)cc2)c(=S)s1)c1ccc2c(c1)OCO2. The molecule has 26 heavy (non-hydrogen) atoms. The zero-order chi connectivity index (χ0) is 18.1. The minimum Gasteiger partial charge on any atom is -0.454 e. The summed E-state index contributed by atoms with van der Waals surface area (Å²) in [5.41, 5.74) is 1.24. The van der Waals surface area contributed by atoms with Crippen LogP contribution in [0.1, 0.15) is 10.4 Å². The van der Waals surface area contributed by atoms with Crippen molar-refractivity contribution in [1.82, 2.24) is 9.78 Å². The topological polar surface area (TPSA) is 53.4 Å². The average molecular weight is 406 g/mol. The molecule has 0 fully saturated rings. The molecule has 2 heterocycles. The third kappa shape index (κ3) is 3.50. The summed E-state index contributed by atoms with van der Waals surface area (Å²) < 4.78 is 26.4. The smallest absolute Gasteiger partial charge is 0.231 e. The van der Waals surface area contributed by atoms with E-state index in [0.717, 1.165) is 0 Å². The van der Waals surface area contributed by atoms with Crippen molar-refractivity contribution in [1.29, 1.82) is 0 Å². The molecule has 1 aliphatic rings. The molecule has 0 spiro atoms. The maximum absolute atomic E-state index is 13.1. The number of fused-ring (bicyclic) bond motifs is 1. The van der Waals surface area contributed by atoms with Crippen LogP contribution in [0.15, 0.2) is 46.8 Å². The number of aromatic nitrogens is 2. The van der Waals surface area contributed by atoms with Gasteiger partial charge in [-0.25, -0.2) is 9.07 Å². The van der Waals surface area contributed by atoms with Crippen molar-refractivity contribution in [3.8, 4) is 17.2 Å². The number of hydrogen-bond acceptors (Lipinski definition) is 7. The van der Waals surface area contributed by atoms with Crippen molar-refractivity contribution in [3.05, 3.63) is 57.8 Å². The number of nitrogens with zero attached hydrogens (tertiary/aromatic N) is 2. The highest BCUT2D eigenvalue weighted by molar-refractivity contribution is 8.01. The van der Waals surface area contributed by atoms with Gasteiger partial charge in [0, 0.05) is 5.56 Å². The fraction of sp³-hybridized carbons (Fsp3) is 0.118. The molecular weight excluding hydrogens is 395 g/mol.